The Kier molecular flexibility index (Phi) is 15.3. The van der Waals surface area contributed by atoms with E-state index in [2.05, 4.69) is 57.2 Å². The predicted molar refractivity (Wildman–Crippen MR) is 106 cm³/mol. The minimum Gasteiger partial charge on any atom is -0.0874 e. The third-order valence-electron chi connectivity index (χ3n) is 3.49. The highest BCUT2D eigenvalue weighted by Gasteiger charge is 2.26. The second-order valence-corrected chi connectivity index (χ2v) is 4.34. The number of benzene rings is 1. The molecule has 0 saturated heterocycles. The van der Waals surface area contributed by atoms with Gasteiger partial charge in [-0.15, -0.1) is 0 Å². The second kappa shape index (κ2) is 14.6. The molecule has 2 rings (SSSR count). The summed E-state index contributed by atoms with van der Waals surface area (Å²) in [6, 6.07) is 8.87. The van der Waals surface area contributed by atoms with E-state index in [0.717, 1.165) is 6.42 Å². The lowest BCUT2D eigenvalue weighted by molar-refractivity contribution is 0.790. The van der Waals surface area contributed by atoms with E-state index in [1.807, 2.05) is 41.5 Å². The Morgan fingerprint density at radius 2 is 1.45 bits per heavy atom. The van der Waals surface area contributed by atoms with Crippen molar-refractivity contribution < 1.29 is 0 Å². The third-order valence-corrected chi connectivity index (χ3v) is 3.49. The maximum absolute atomic E-state index is 2.30. The van der Waals surface area contributed by atoms with Crippen LogP contribution in [-0.4, -0.2) is 0 Å². The van der Waals surface area contributed by atoms with Crippen LogP contribution in [-0.2, 0) is 0 Å². The minimum atomic E-state index is 0.613. The molecule has 22 heavy (non-hydrogen) atoms. The van der Waals surface area contributed by atoms with Crippen LogP contribution in [0.25, 0.3) is 5.57 Å². The zero-order valence-corrected chi connectivity index (χ0v) is 16.5. The molecule has 0 nitrogen and oxygen atoms in total. The summed E-state index contributed by atoms with van der Waals surface area (Å²) >= 11 is 0. The van der Waals surface area contributed by atoms with E-state index in [-0.39, 0.29) is 0 Å². The first-order chi connectivity index (χ1) is 10.8. The normalized spacial score (nSPS) is 15.0. The first kappa shape index (κ1) is 23.0. The molecule has 0 heteroatoms. The monoisotopic (exact) mass is 302 g/mol. The summed E-state index contributed by atoms with van der Waals surface area (Å²) in [5, 5.41) is 0. The molecule has 1 aliphatic carbocycles. The zero-order valence-electron chi connectivity index (χ0n) is 16.5. The maximum atomic E-state index is 2.30. The van der Waals surface area contributed by atoms with E-state index < -0.39 is 0 Å². The molecule has 0 radical (unpaired) electrons. The Labute approximate surface area is 140 Å². The number of hydrogen-bond acceptors (Lipinski definition) is 0. The molecule has 0 spiro atoms. The molecule has 0 aliphatic heterocycles. The van der Waals surface area contributed by atoms with E-state index in [4.69, 9.17) is 0 Å². The molecule has 0 saturated carbocycles. The zero-order chi connectivity index (χ0) is 17.5. The summed E-state index contributed by atoms with van der Waals surface area (Å²) < 4.78 is 0. The van der Waals surface area contributed by atoms with Gasteiger partial charge in [0.05, 0.1) is 0 Å². The van der Waals surface area contributed by atoms with Gasteiger partial charge in [0.2, 0.25) is 0 Å². The molecule has 1 aromatic carbocycles. The Hall–Kier alpha value is -1.30. The van der Waals surface area contributed by atoms with Gasteiger partial charge in [-0.05, 0) is 42.0 Å². The minimum absolute atomic E-state index is 0.613. The van der Waals surface area contributed by atoms with Gasteiger partial charge in [0.15, 0.2) is 0 Å². The molecule has 1 atom stereocenters. The molecule has 0 N–H and O–H groups in total. The molecule has 1 aromatic rings. The van der Waals surface area contributed by atoms with Crippen LogP contribution in [0.2, 0.25) is 0 Å². The summed E-state index contributed by atoms with van der Waals surface area (Å²) in [4.78, 5) is 0. The molecule has 1 aliphatic rings. The van der Waals surface area contributed by atoms with Gasteiger partial charge in [-0.25, -0.2) is 0 Å². The van der Waals surface area contributed by atoms with Crippen molar-refractivity contribution in [2.45, 2.75) is 81.1 Å². The molecule has 0 amide bonds. The van der Waals surface area contributed by atoms with Crippen molar-refractivity contribution in [1.29, 1.82) is 0 Å². The lowest BCUT2D eigenvalue weighted by Gasteiger charge is -2.11. The van der Waals surface area contributed by atoms with Crippen molar-refractivity contribution in [3.63, 3.8) is 0 Å². The van der Waals surface area contributed by atoms with Crippen molar-refractivity contribution in [3.05, 3.63) is 53.1 Å². The number of fused-ring (bicyclic) bond motifs is 1. The predicted octanol–water partition coefficient (Wildman–Crippen LogP) is 8.01. The fraction of sp³-hybridized carbons (Fsp3) is 0.545. The average molecular weight is 303 g/mol. The quantitative estimate of drug-likeness (QED) is 0.530. The topological polar surface area (TPSA) is 0 Å². The van der Waals surface area contributed by atoms with E-state index >= 15 is 0 Å². The van der Waals surface area contributed by atoms with Gasteiger partial charge in [-0.2, -0.15) is 0 Å². The van der Waals surface area contributed by atoms with Gasteiger partial charge in [0.25, 0.3) is 0 Å². The SMILES string of the molecule is C/C=C\C1=C(CC)c2ccccc2C1CC.CC.CC.CC. The van der Waals surface area contributed by atoms with E-state index in [1.54, 1.807) is 5.57 Å². The first-order valence-corrected chi connectivity index (χ1v) is 9.28. The standard InChI is InChI=1S/C16H20.3C2H6/c1-4-9-14-12(5-2)15-10-7-8-11-16(15)13(14)6-3;3*1-2/h4,7-12H,5-6H2,1-3H3;3*1-2H3/b9-4-;;;. The number of rotatable bonds is 3. The maximum Gasteiger partial charge on any atom is 0.00955 e. The fourth-order valence-corrected chi connectivity index (χ4v) is 2.84. The molecule has 0 bridgehead atoms. The average Bonchev–Trinajstić information content (AvgIpc) is 2.93. The van der Waals surface area contributed by atoms with Crippen LogP contribution >= 0.6 is 0 Å². The lowest BCUT2D eigenvalue weighted by atomic mass is 9.93. The van der Waals surface area contributed by atoms with Crippen molar-refractivity contribution in [1.82, 2.24) is 0 Å². The van der Waals surface area contributed by atoms with Crippen LogP contribution in [0.1, 0.15) is 92.2 Å². The Bertz CT molecular complexity index is 435. The molecular weight excluding hydrogens is 264 g/mol. The van der Waals surface area contributed by atoms with Crippen LogP contribution < -0.4 is 0 Å². The first-order valence-electron chi connectivity index (χ1n) is 9.28. The van der Waals surface area contributed by atoms with Crippen molar-refractivity contribution in [2.75, 3.05) is 0 Å². The summed E-state index contributed by atoms with van der Waals surface area (Å²) in [6.45, 7) is 18.6. The lowest BCUT2D eigenvalue weighted by Crippen LogP contribution is -1.94. The van der Waals surface area contributed by atoms with Gasteiger partial charge >= 0.3 is 0 Å². The summed E-state index contributed by atoms with van der Waals surface area (Å²) in [7, 11) is 0. The smallest absolute Gasteiger partial charge is 0.00955 e. The van der Waals surface area contributed by atoms with Crippen molar-refractivity contribution in [2.24, 2.45) is 0 Å². The molecular formula is C22H38. The second-order valence-electron chi connectivity index (χ2n) is 4.34. The van der Waals surface area contributed by atoms with Crippen LogP contribution in [0.5, 0.6) is 0 Å². The van der Waals surface area contributed by atoms with Gasteiger partial charge in [-0.3, -0.25) is 0 Å². The van der Waals surface area contributed by atoms with E-state index in [1.165, 1.54) is 23.1 Å². The largest absolute Gasteiger partial charge is 0.0874 e. The molecule has 1 unspecified atom stereocenters. The van der Waals surface area contributed by atoms with E-state index in [0.29, 0.717) is 5.92 Å². The molecule has 126 valence electrons. The Morgan fingerprint density at radius 1 is 0.909 bits per heavy atom. The highest BCUT2D eigenvalue weighted by Crippen LogP contribution is 2.45. The van der Waals surface area contributed by atoms with Gasteiger partial charge in [0, 0.05) is 5.92 Å². The summed E-state index contributed by atoms with van der Waals surface area (Å²) in [6.07, 6.45) is 6.79. The van der Waals surface area contributed by atoms with Gasteiger partial charge in [0.1, 0.15) is 0 Å². The third kappa shape index (κ3) is 5.48. The fourth-order valence-electron chi connectivity index (χ4n) is 2.84. The Morgan fingerprint density at radius 3 is 1.91 bits per heavy atom. The van der Waals surface area contributed by atoms with Crippen molar-refractivity contribution in [3.8, 4) is 0 Å². The van der Waals surface area contributed by atoms with Crippen LogP contribution in [0, 0.1) is 0 Å². The molecule has 0 fully saturated rings. The van der Waals surface area contributed by atoms with Crippen LogP contribution in [0.4, 0.5) is 0 Å². The highest BCUT2D eigenvalue weighted by atomic mass is 14.3. The van der Waals surface area contributed by atoms with Crippen molar-refractivity contribution >= 4 is 5.57 Å². The van der Waals surface area contributed by atoms with Crippen LogP contribution in [0.15, 0.2) is 42.0 Å². The van der Waals surface area contributed by atoms with E-state index in [9.17, 15) is 0 Å². The summed E-state index contributed by atoms with van der Waals surface area (Å²) in [5.41, 5.74) is 6.08. The number of allylic oxidation sites excluding steroid dienone is 4. The number of hydrogen-bond donors (Lipinski definition) is 0. The summed E-state index contributed by atoms with van der Waals surface area (Å²) in [5.74, 6) is 0.613. The molecule has 0 heterocycles. The Balaban J connectivity index is 0. The highest BCUT2D eigenvalue weighted by molar-refractivity contribution is 5.80. The van der Waals surface area contributed by atoms with Gasteiger partial charge < -0.3 is 0 Å². The van der Waals surface area contributed by atoms with Gasteiger partial charge in [-0.1, -0.05) is 91.8 Å². The molecule has 0 aromatic heterocycles. The van der Waals surface area contributed by atoms with Crippen LogP contribution in [0.3, 0.4) is 0 Å².